The summed E-state index contributed by atoms with van der Waals surface area (Å²) in [5.41, 5.74) is 7.20. The number of fused-ring (bicyclic) bond motifs is 1. The van der Waals surface area contributed by atoms with Gasteiger partial charge in [-0.2, -0.15) is 5.10 Å². The molecule has 0 aliphatic rings. The molecule has 15 heavy (non-hydrogen) atoms. The van der Waals surface area contributed by atoms with E-state index in [1.54, 1.807) is 10.7 Å². The van der Waals surface area contributed by atoms with Crippen molar-refractivity contribution in [3.05, 3.63) is 24.2 Å². The van der Waals surface area contributed by atoms with Crippen LogP contribution in [0.15, 0.2) is 18.3 Å². The summed E-state index contributed by atoms with van der Waals surface area (Å²) in [7, 11) is 4.07. The van der Waals surface area contributed by atoms with E-state index in [2.05, 4.69) is 15.0 Å². The lowest BCUT2D eigenvalue weighted by Crippen LogP contribution is -2.15. The van der Waals surface area contributed by atoms with Gasteiger partial charge in [0.25, 0.3) is 0 Å². The van der Waals surface area contributed by atoms with Crippen LogP contribution in [-0.2, 0) is 6.42 Å². The Morgan fingerprint density at radius 2 is 2.20 bits per heavy atom. The molecule has 5 nitrogen and oxygen atoms in total. The minimum absolute atomic E-state index is 0.701. The molecule has 0 radical (unpaired) electrons. The zero-order valence-electron chi connectivity index (χ0n) is 9.01. The number of hydrogen-bond donors (Lipinski definition) is 1. The molecule has 80 valence electrons. The van der Waals surface area contributed by atoms with Gasteiger partial charge in [-0.05, 0) is 26.2 Å². The van der Waals surface area contributed by atoms with E-state index in [1.807, 2.05) is 26.2 Å². The smallest absolute Gasteiger partial charge is 0.155 e. The van der Waals surface area contributed by atoms with Gasteiger partial charge in [-0.15, -0.1) is 0 Å². The third-order valence-electron chi connectivity index (χ3n) is 2.18. The molecule has 0 aliphatic carbocycles. The molecule has 0 fully saturated rings. The summed E-state index contributed by atoms with van der Waals surface area (Å²) in [4.78, 5) is 6.51. The van der Waals surface area contributed by atoms with Crippen molar-refractivity contribution in [1.29, 1.82) is 0 Å². The van der Waals surface area contributed by atoms with Gasteiger partial charge in [0.2, 0.25) is 0 Å². The summed E-state index contributed by atoms with van der Waals surface area (Å²) in [6.07, 6.45) is 2.63. The highest BCUT2D eigenvalue weighted by Crippen LogP contribution is 2.06. The van der Waals surface area contributed by atoms with Crippen LogP contribution in [0.2, 0.25) is 0 Å². The van der Waals surface area contributed by atoms with Crippen LogP contribution in [0.4, 0.5) is 5.69 Å². The lowest BCUT2D eigenvalue weighted by molar-refractivity contribution is 0.409. The molecule has 2 aromatic rings. The maximum absolute atomic E-state index is 5.66. The standard InChI is InChI=1S/C10H15N5/c1-14(2)6-5-9-12-10-4-3-8(11)7-15(10)13-9/h3-4,7H,5-6,11H2,1-2H3. The second-order valence-electron chi connectivity index (χ2n) is 3.85. The summed E-state index contributed by atoms with van der Waals surface area (Å²) in [6, 6.07) is 3.71. The molecule has 0 spiro atoms. The van der Waals surface area contributed by atoms with Crippen LogP contribution >= 0.6 is 0 Å². The van der Waals surface area contributed by atoms with Crippen molar-refractivity contribution in [2.75, 3.05) is 26.4 Å². The fraction of sp³-hybridized carbons (Fsp3) is 0.400. The summed E-state index contributed by atoms with van der Waals surface area (Å²) < 4.78 is 1.72. The monoisotopic (exact) mass is 205 g/mol. The van der Waals surface area contributed by atoms with Crippen molar-refractivity contribution in [3.8, 4) is 0 Å². The van der Waals surface area contributed by atoms with Gasteiger partial charge in [-0.3, -0.25) is 0 Å². The Morgan fingerprint density at radius 3 is 2.93 bits per heavy atom. The van der Waals surface area contributed by atoms with Crippen molar-refractivity contribution in [3.63, 3.8) is 0 Å². The molecule has 2 heterocycles. The lowest BCUT2D eigenvalue weighted by Gasteiger charge is -2.05. The maximum atomic E-state index is 5.66. The van der Waals surface area contributed by atoms with Crippen molar-refractivity contribution in [2.45, 2.75) is 6.42 Å². The van der Waals surface area contributed by atoms with Crippen LogP contribution in [0, 0.1) is 0 Å². The highest BCUT2D eigenvalue weighted by molar-refractivity contribution is 5.46. The molecule has 0 saturated heterocycles. The van der Waals surface area contributed by atoms with Gasteiger partial charge in [0.15, 0.2) is 11.5 Å². The molecule has 0 atom stereocenters. The molecule has 0 amide bonds. The summed E-state index contributed by atoms with van der Waals surface area (Å²) in [5.74, 6) is 0.856. The van der Waals surface area contributed by atoms with E-state index >= 15 is 0 Å². The van der Waals surface area contributed by atoms with Crippen molar-refractivity contribution < 1.29 is 0 Å². The second kappa shape index (κ2) is 3.86. The molecule has 0 unspecified atom stereocenters. The number of rotatable bonds is 3. The molecule has 0 aromatic carbocycles. The third kappa shape index (κ3) is 2.24. The third-order valence-corrected chi connectivity index (χ3v) is 2.18. The average Bonchev–Trinajstić information content (AvgIpc) is 2.56. The largest absolute Gasteiger partial charge is 0.397 e. The normalized spacial score (nSPS) is 11.4. The van der Waals surface area contributed by atoms with Crippen LogP contribution < -0.4 is 5.73 Å². The molecular weight excluding hydrogens is 190 g/mol. The van der Waals surface area contributed by atoms with Gasteiger partial charge >= 0.3 is 0 Å². The fourth-order valence-electron chi connectivity index (χ4n) is 1.37. The molecule has 0 bridgehead atoms. The quantitative estimate of drug-likeness (QED) is 0.788. The highest BCUT2D eigenvalue weighted by Gasteiger charge is 2.03. The number of likely N-dealkylation sites (N-methyl/N-ethyl adjacent to an activating group) is 1. The van der Waals surface area contributed by atoms with Gasteiger partial charge in [-0.1, -0.05) is 0 Å². The SMILES string of the molecule is CN(C)CCc1nc2ccc(N)cn2n1. The van der Waals surface area contributed by atoms with Crippen LogP contribution in [0.1, 0.15) is 5.82 Å². The Balaban J connectivity index is 2.23. The summed E-state index contributed by atoms with van der Waals surface area (Å²) in [6.45, 7) is 0.951. The molecule has 5 heteroatoms. The average molecular weight is 205 g/mol. The Morgan fingerprint density at radius 1 is 1.40 bits per heavy atom. The van der Waals surface area contributed by atoms with E-state index in [0.717, 1.165) is 24.4 Å². The number of hydrogen-bond acceptors (Lipinski definition) is 4. The first-order chi connectivity index (χ1) is 7.15. The van der Waals surface area contributed by atoms with Crippen LogP contribution in [0.5, 0.6) is 0 Å². The number of aromatic nitrogens is 3. The number of pyridine rings is 1. The Hall–Kier alpha value is -1.62. The van der Waals surface area contributed by atoms with E-state index in [-0.39, 0.29) is 0 Å². The molecule has 2 rings (SSSR count). The molecular formula is C10H15N5. The number of anilines is 1. The van der Waals surface area contributed by atoms with E-state index in [1.165, 1.54) is 0 Å². The van der Waals surface area contributed by atoms with Crippen LogP contribution in [-0.4, -0.2) is 40.1 Å². The minimum Gasteiger partial charge on any atom is -0.397 e. The lowest BCUT2D eigenvalue weighted by atomic mass is 10.4. The molecule has 2 N–H and O–H groups in total. The summed E-state index contributed by atoms with van der Waals surface area (Å²) in [5, 5.41) is 4.34. The van der Waals surface area contributed by atoms with Gasteiger partial charge in [0.05, 0.1) is 11.9 Å². The first-order valence-electron chi connectivity index (χ1n) is 4.90. The van der Waals surface area contributed by atoms with E-state index in [4.69, 9.17) is 5.73 Å². The predicted molar refractivity (Wildman–Crippen MR) is 59.7 cm³/mol. The summed E-state index contributed by atoms with van der Waals surface area (Å²) >= 11 is 0. The Kier molecular flexibility index (Phi) is 2.55. The highest BCUT2D eigenvalue weighted by atomic mass is 15.3. The van der Waals surface area contributed by atoms with Gasteiger partial charge in [0, 0.05) is 13.0 Å². The molecule has 0 aliphatic heterocycles. The van der Waals surface area contributed by atoms with E-state index < -0.39 is 0 Å². The van der Waals surface area contributed by atoms with Gasteiger partial charge in [0.1, 0.15) is 0 Å². The van der Waals surface area contributed by atoms with Gasteiger partial charge < -0.3 is 10.6 Å². The van der Waals surface area contributed by atoms with Gasteiger partial charge in [-0.25, -0.2) is 9.50 Å². The van der Waals surface area contributed by atoms with E-state index in [0.29, 0.717) is 5.69 Å². The number of nitrogen functional groups attached to an aromatic ring is 1. The zero-order chi connectivity index (χ0) is 10.8. The molecule has 0 saturated carbocycles. The first kappa shape index (κ1) is 9.92. The van der Waals surface area contributed by atoms with Crippen LogP contribution in [0.3, 0.4) is 0 Å². The minimum atomic E-state index is 0.701. The second-order valence-corrected chi connectivity index (χ2v) is 3.85. The fourth-order valence-corrected chi connectivity index (χ4v) is 1.37. The van der Waals surface area contributed by atoms with Crippen molar-refractivity contribution in [1.82, 2.24) is 19.5 Å². The Bertz CT molecular complexity index is 460. The van der Waals surface area contributed by atoms with Crippen molar-refractivity contribution >= 4 is 11.3 Å². The van der Waals surface area contributed by atoms with E-state index in [9.17, 15) is 0 Å². The number of nitrogens with zero attached hydrogens (tertiary/aromatic N) is 4. The maximum Gasteiger partial charge on any atom is 0.155 e. The van der Waals surface area contributed by atoms with Crippen LogP contribution in [0.25, 0.3) is 5.65 Å². The number of nitrogens with two attached hydrogens (primary N) is 1. The predicted octanol–water partition coefficient (Wildman–Crippen LogP) is 0.416. The molecule has 2 aromatic heterocycles. The Labute approximate surface area is 88.5 Å². The zero-order valence-corrected chi connectivity index (χ0v) is 9.01. The van der Waals surface area contributed by atoms with Crippen molar-refractivity contribution in [2.24, 2.45) is 0 Å². The topological polar surface area (TPSA) is 59.5 Å². The first-order valence-corrected chi connectivity index (χ1v) is 4.90.